The van der Waals surface area contributed by atoms with E-state index in [9.17, 15) is 22.8 Å². The van der Waals surface area contributed by atoms with Gasteiger partial charge in [0, 0.05) is 42.1 Å². The molecule has 0 saturated carbocycles. The lowest BCUT2D eigenvalue weighted by Gasteiger charge is -2.09. The van der Waals surface area contributed by atoms with Gasteiger partial charge >= 0.3 is 11.5 Å². The molecule has 0 aliphatic rings. The van der Waals surface area contributed by atoms with Crippen LogP contribution in [0, 0.1) is 0 Å². The minimum Gasteiger partial charge on any atom is -0.348 e. The van der Waals surface area contributed by atoms with Gasteiger partial charge in [-0.3, -0.25) is 9.78 Å². The number of hydrogen-bond acceptors (Lipinski definition) is 4. The second-order valence-electron chi connectivity index (χ2n) is 7.03. The van der Waals surface area contributed by atoms with E-state index in [1.54, 1.807) is 48.8 Å². The normalized spacial score (nSPS) is 11.3. The van der Waals surface area contributed by atoms with Gasteiger partial charge in [0.25, 0.3) is 0 Å². The maximum Gasteiger partial charge on any atom is 0.446 e. The van der Waals surface area contributed by atoms with Gasteiger partial charge in [-0.2, -0.15) is 13.2 Å². The van der Waals surface area contributed by atoms with Gasteiger partial charge in [0.15, 0.2) is 0 Å². The predicted octanol–water partition coefficient (Wildman–Crippen LogP) is 5.34. The summed E-state index contributed by atoms with van der Waals surface area (Å²) in [7, 11) is 0. The van der Waals surface area contributed by atoms with Gasteiger partial charge in [-0.25, -0.2) is 4.79 Å². The number of pyridine rings is 1. The van der Waals surface area contributed by atoms with Crippen molar-refractivity contribution in [1.82, 2.24) is 15.6 Å². The molecule has 3 amide bonds. The fraction of sp³-hybridized carbons (Fsp3) is 0.125. The minimum atomic E-state index is -4.34. The number of carbonyl (C=O) groups excluding carboxylic acids is 2. The highest BCUT2D eigenvalue weighted by molar-refractivity contribution is 8.00. The number of amides is 3. The lowest BCUT2D eigenvalue weighted by atomic mass is 10.2. The number of anilines is 1. The van der Waals surface area contributed by atoms with Gasteiger partial charge in [-0.05, 0) is 70.9 Å². The van der Waals surface area contributed by atoms with Crippen LogP contribution < -0.4 is 16.0 Å². The molecule has 0 bridgehead atoms. The number of alkyl halides is 3. The van der Waals surface area contributed by atoms with Crippen LogP contribution in [0.2, 0.25) is 0 Å². The van der Waals surface area contributed by atoms with E-state index < -0.39 is 5.51 Å². The molecule has 3 rings (SSSR count). The molecule has 34 heavy (non-hydrogen) atoms. The molecular formula is C24H21F3N4O2S. The molecule has 176 valence electrons. The van der Waals surface area contributed by atoms with Crippen LogP contribution in [0.4, 0.5) is 23.7 Å². The van der Waals surface area contributed by atoms with Gasteiger partial charge in [0.05, 0.1) is 0 Å². The van der Waals surface area contributed by atoms with Gasteiger partial charge in [0.1, 0.15) is 0 Å². The van der Waals surface area contributed by atoms with Crippen molar-refractivity contribution in [3.8, 4) is 0 Å². The average Bonchev–Trinajstić information content (AvgIpc) is 2.81. The van der Waals surface area contributed by atoms with Crippen molar-refractivity contribution in [1.29, 1.82) is 0 Å². The molecular weight excluding hydrogens is 465 g/mol. The summed E-state index contributed by atoms with van der Waals surface area (Å²) in [6, 6.07) is 16.0. The first-order valence-corrected chi connectivity index (χ1v) is 10.9. The predicted molar refractivity (Wildman–Crippen MR) is 126 cm³/mol. The van der Waals surface area contributed by atoms with E-state index in [-0.39, 0.29) is 35.1 Å². The van der Waals surface area contributed by atoms with Crippen molar-refractivity contribution in [2.24, 2.45) is 0 Å². The summed E-state index contributed by atoms with van der Waals surface area (Å²) >= 11 is -0.190. The van der Waals surface area contributed by atoms with Crippen molar-refractivity contribution in [2.45, 2.75) is 23.5 Å². The highest BCUT2D eigenvalue weighted by Gasteiger charge is 2.28. The maximum absolute atomic E-state index is 12.4. The van der Waals surface area contributed by atoms with Gasteiger partial charge in [-0.15, -0.1) is 0 Å². The van der Waals surface area contributed by atoms with E-state index in [0.29, 0.717) is 17.8 Å². The molecule has 0 spiro atoms. The molecule has 0 atom stereocenters. The van der Waals surface area contributed by atoms with Gasteiger partial charge in [0.2, 0.25) is 5.91 Å². The summed E-state index contributed by atoms with van der Waals surface area (Å²) in [5.74, 6) is -0.359. The lowest BCUT2D eigenvalue weighted by molar-refractivity contribution is -0.116. The van der Waals surface area contributed by atoms with Crippen molar-refractivity contribution in [2.75, 3.05) is 5.32 Å². The number of nitrogens with one attached hydrogen (secondary N) is 3. The average molecular weight is 487 g/mol. The molecule has 0 saturated heterocycles. The first-order chi connectivity index (χ1) is 16.3. The second-order valence-corrected chi connectivity index (χ2v) is 8.17. The van der Waals surface area contributed by atoms with Crippen LogP contribution >= 0.6 is 11.8 Å². The Morgan fingerprint density at radius 3 is 2.32 bits per heavy atom. The molecule has 0 unspecified atom stereocenters. The minimum absolute atomic E-state index is 0.0774. The second kappa shape index (κ2) is 11.9. The molecule has 3 aromatic rings. The lowest BCUT2D eigenvalue weighted by Crippen LogP contribution is -2.28. The Kier molecular flexibility index (Phi) is 8.69. The van der Waals surface area contributed by atoms with Crippen LogP contribution in [-0.4, -0.2) is 22.4 Å². The first-order valence-electron chi connectivity index (χ1n) is 10.1. The van der Waals surface area contributed by atoms with Crippen molar-refractivity contribution in [3.05, 3.63) is 95.8 Å². The molecule has 0 fully saturated rings. The van der Waals surface area contributed by atoms with E-state index in [0.717, 1.165) is 11.1 Å². The summed E-state index contributed by atoms with van der Waals surface area (Å²) in [6.07, 6.45) is 6.12. The largest absolute Gasteiger partial charge is 0.446 e. The van der Waals surface area contributed by atoms with E-state index in [1.165, 1.54) is 36.4 Å². The van der Waals surface area contributed by atoms with E-state index in [2.05, 4.69) is 20.9 Å². The highest BCUT2D eigenvalue weighted by Crippen LogP contribution is 2.36. The molecule has 3 N–H and O–H groups in total. The molecule has 2 aromatic carbocycles. The Hall–Kier alpha value is -3.79. The van der Waals surface area contributed by atoms with E-state index >= 15 is 0 Å². The zero-order chi connectivity index (χ0) is 24.4. The monoisotopic (exact) mass is 486 g/mol. The molecule has 0 radical (unpaired) electrons. The summed E-state index contributed by atoms with van der Waals surface area (Å²) in [5, 5.41) is 8.22. The molecule has 1 heterocycles. The SMILES string of the molecule is O=C(C=Cc1ccc(SC(F)(F)F)cc1)NCc1cccc(NC(=O)NCc2ccncc2)c1. The third-order valence-electron chi connectivity index (χ3n) is 4.39. The Balaban J connectivity index is 1.45. The van der Waals surface area contributed by atoms with Crippen molar-refractivity contribution in [3.63, 3.8) is 0 Å². The number of rotatable bonds is 8. The zero-order valence-corrected chi connectivity index (χ0v) is 18.6. The standard InChI is InChI=1S/C24H21F3N4O2S/c25-24(26,27)34-21-7-4-17(5-8-21)6-9-22(32)29-16-19-2-1-3-20(14-19)31-23(33)30-15-18-10-12-28-13-11-18/h1-14H,15-16H2,(H,29,32)(H2,30,31,33). The van der Waals surface area contributed by atoms with Crippen LogP contribution in [0.25, 0.3) is 6.08 Å². The fourth-order valence-corrected chi connectivity index (χ4v) is 3.36. The fourth-order valence-electron chi connectivity index (χ4n) is 2.82. The van der Waals surface area contributed by atoms with E-state index in [1.807, 2.05) is 0 Å². The third kappa shape index (κ3) is 8.99. The molecule has 6 nitrogen and oxygen atoms in total. The number of benzene rings is 2. The Labute approximate surface area is 198 Å². The van der Waals surface area contributed by atoms with Crippen LogP contribution in [-0.2, 0) is 17.9 Å². The number of hydrogen-bond donors (Lipinski definition) is 3. The van der Waals surface area contributed by atoms with Crippen LogP contribution in [0.15, 0.2) is 84.0 Å². The molecule has 0 aliphatic heterocycles. The van der Waals surface area contributed by atoms with Gasteiger partial charge in [-0.1, -0.05) is 24.3 Å². The summed E-state index contributed by atoms with van der Waals surface area (Å²) < 4.78 is 37.1. The van der Waals surface area contributed by atoms with Crippen LogP contribution in [0.1, 0.15) is 16.7 Å². The van der Waals surface area contributed by atoms with Crippen LogP contribution in [0.5, 0.6) is 0 Å². The number of carbonyl (C=O) groups is 2. The Bertz CT molecular complexity index is 1140. The van der Waals surface area contributed by atoms with E-state index in [4.69, 9.17) is 0 Å². The van der Waals surface area contributed by atoms with Crippen LogP contribution in [0.3, 0.4) is 0 Å². The quantitative estimate of drug-likeness (QED) is 0.296. The topological polar surface area (TPSA) is 83.1 Å². The Morgan fingerprint density at radius 2 is 1.62 bits per heavy atom. The number of halogens is 3. The number of nitrogens with zero attached hydrogens (tertiary/aromatic N) is 1. The third-order valence-corrected chi connectivity index (χ3v) is 5.13. The summed E-state index contributed by atoms with van der Waals surface area (Å²) in [5.41, 5.74) is -1.46. The smallest absolute Gasteiger partial charge is 0.348 e. The van der Waals surface area contributed by atoms with Gasteiger partial charge < -0.3 is 16.0 Å². The highest BCUT2D eigenvalue weighted by atomic mass is 32.2. The number of aromatic nitrogens is 1. The molecule has 0 aliphatic carbocycles. The number of urea groups is 1. The number of thioether (sulfide) groups is 1. The van der Waals surface area contributed by atoms with Crippen molar-refractivity contribution >= 4 is 35.5 Å². The first kappa shape index (κ1) is 24.8. The zero-order valence-electron chi connectivity index (χ0n) is 17.8. The van der Waals surface area contributed by atoms with Crippen molar-refractivity contribution < 1.29 is 22.8 Å². The maximum atomic E-state index is 12.4. The summed E-state index contributed by atoms with van der Waals surface area (Å²) in [6.45, 7) is 0.596. The summed E-state index contributed by atoms with van der Waals surface area (Å²) in [4.78, 5) is 28.2. The Morgan fingerprint density at radius 1 is 0.912 bits per heavy atom. The molecule has 10 heteroatoms. The molecule has 1 aromatic heterocycles.